The Morgan fingerprint density at radius 2 is 1.52 bits per heavy atom. The van der Waals surface area contributed by atoms with Crippen molar-refractivity contribution >= 4 is 23.2 Å². The molecule has 3 aromatic rings. The van der Waals surface area contributed by atoms with E-state index in [9.17, 15) is 9.59 Å². The summed E-state index contributed by atoms with van der Waals surface area (Å²) >= 11 is 0. The number of anilines is 2. The Kier molecular flexibility index (Phi) is 7.27. The van der Waals surface area contributed by atoms with Gasteiger partial charge in [0.25, 0.3) is 11.8 Å². The minimum absolute atomic E-state index is 0.192. The summed E-state index contributed by atoms with van der Waals surface area (Å²) in [5.41, 5.74) is 1.64. The van der Waals surface area contributed by atoms with E-state index in [0.29, 0.717) is 29.3 Å². The van der Waals surface area contributed by atoms with Gasteiger partial charge in [0.1, 0.15) is 0 Å². The Labute approximate surface area is 182 Å². The van der Waals surface area contributed by atoms with E-state index in [1.165, 1.54) is 0 Å². The van der Waals surface area contributed by atoms with Crippen LogP contribution in [0.5, 0.6) is 11.5 Å². The van der Waals surface area contributed by atoms with E-state index in [1.54, 1.807) is 61.4 Å². The van der Waals surface area contributed by atoms with Gasteiger partial charge in [0.05, 0.1) is 18.4 Å². The number of amides is 2. The maximum Gasteiger partial charge on any atom is 0.265 e. The molecule has 0 bridgehead atoms. The number of benzene rings is 3. The van der Waals surface area contributed by atoms with Crippen LogP contribution in [-0.4, -0.2) is 31.6 Å². The lowest BCUT2D eigenvalue weighted by Gasteiger charge is -2.23. The molecule has 0 aliphatic carbocycles. The van der Waals surface area contributed by atoms with Gasteiger partial charge in [-0.1, -0.05) is 42.5 Å². The molecule has 1 unspecified atom stereocenters. The highest BCUT2D eigenvalue weighted by Gasteiger charge is 2.22. The van der Waals surface area contributed by atoms with Crippen LogP contribution in [0.3, 0.4) is 0 Å². The van der Waals surface area contributed by atoms with E-state index in [4.69, 9.17) is 9.47 Å². The van der Waals surface area contributed by atoms with Crippen LogP contribution in [-0.2, 0) is 4.79 Å². The van der Waals surface area contributed by atoms with Crippen LogP contribution >= 0.6 is 0 Å². The molecule has 31 heavy (non-hydrogen) atoms. The predicted octanol–water partition coefficient (Wildman–Crippen LogP) is 4.77. The number of para-hydroxylation sites is 4. The quantitative estimate of drug-likeness (QED) is 0.572. The fourth-order valence-electron chi connectivity index (χ4n) is 3.17. The summed E-state index contributed by atoms with van der Waals surface area (Å²) in [5.74, 6) is 0.453. The number of hydrogen-bond donors (Lipinski definition) is 1. The molecule has 0 aromatic heterocycles. The van der Waals surface area contributed by atoms with Crippen LogP contribution in [0.2, 0.25) is 0 Å². The summed E-state index contributed by atoms with van der Waals surface area (Å²) in [5, 5.41) is 2.83. The highest BCUT2D eigenvalue weighted by molar-refractivity contribution is 6.11. The molecule has 0 fully saturated rings. The maximum atomic E-state index is 13.2. The third kappa shape index (κ3) is 5.22. The van der Waals surface area contributed by atoms with Gasteiger partial charge in [-0.2, -0.15) is 0 Å². The second-order valence-corrected chi connectivity index (χ2v) is 6.83. The third-order valence-corrected chi connectivity index (χ3v) is 4.79. The predicted molar refractivity (Wildman–Crippen MR) is 122 cm³/mol. The van der Waals surface area contributed by atoms with Gasteiger partial charge in [0.2, 0.25) is 0 Å². The summed E-state index contributed by atoms with van der Waals surface area (Å²) in [4.78, 5) is 27.7. The normalized spacial score (nSPS) is 11.3. The molecular formula is C25H26N2O4. The number of carbonyl (C=O) groups is 2. The van der Waals surface area contributed by atoms with Gasteiger partial charge in [-0.25, -0.2) is 0 Å². The molecule has 3 rings (SSSR count). The zero-order valence-corrected chi connectivity index (χ0v) is 17.9. The van der Waals surface area contributed by atoms with Crippen LogP contribution in [0.1, 0.15) is 24.2 Å². The van der Waals surface area contributed by atoms with Crippen molar-refractivity contribution in [2.45, 2.75) is 20.0 Å². The van der Waals surface area contributed by atoms with Gasteiger partial charge in [0, 0.05) is 12.2 Å². The third-order valence-electron chi connectivity index (χ3n) is 4.79. The molecule has 6 heteroatoms. The van der Waals surface area contributed by atoms with Gasteiger partial charge in [-0.3, -0.25) is 9.59 Å². The number of ether oxygens (including phenoxy) is 2. The maximum absolute atomic E-state index is 13.2. The fourth-order valence-corrected chi connectivity index (χ4v) is 3.17. The second-order valence-electron chi connectivity index (χ2n) is 6.83. The van der Waals surface area contributed by atoms with Crippen molar-refractivity contribution in [3.8, 4) is 11.5 Å². The first kappa shape index (κ1) is 21.9. The SMILES string of the molecule is CCN(C(=O)c1ccccc1NC(=O)C(C)Oc1ccccc1OC)c1ccccc1. The van der Waals surface area contributed by atoms with Gasteiger partial charge < -0.3 is 19.7 Å². The molecule has 0 saturated heterocycles. The van der Waals surface area contributed by atoms with E-state index in [1.807, 2.05) is 43.3 Å². The Hall–Kier alpha value is -3.80. The molecule has 3 aromatic carbocycles. The topological polar surface area (TPSA) is 67.9 Å². The van der Waals surface area contributed by atoms with Crippen molar-refractivity contribution in [1.29, 1.82) is 0 Å². The molecular weight excluding hydrogens is 392 g/mol. The Bertz CT molecular complexity index is 1040. The number of carbonyl (C=O) groups excluding carboxylic acids is 2. The number of nitrogens with one attached hydrogen (secondary N) is 1. The first-order chi connectivity index (χ1) is 15.0. The highest BCUT2D eigenvalue weighted by atomic mass is 16.5. The van der Waals surface area contributed by atoms with Gasteiger partial charge in [-0.15, -0.1) is 0 Å². The second kappa shape index (κ2) is 10.3. The zero-order valence-electron chi connectivity index (χ0n) is 17.9. The Balaban J connectivity index is 1.78. The van der Waals surface area contributed by atoms with E-state index in [2.05, 4.69) is 5.32 Å². The summed E-state index contributed by atoms with van der Waals surface area (Å²) in [7, 11) is 1.54. The molecule has 0 heterocycles. The molecule has 0 radical (unpaired) electrons. The van der Waals surface area contributed by atoms with Crippen molar-refractivity contribution in [3.05, 3.63) is 84.4 Å². The van der Waals surface area contributed by atoms with Crippen molar-refractivity contribution < 1.29 is 19.1 Å². The van der Waals surface area contributed by atoms with Crippen LogP contribution in [0.15, 0.2) is 78.9 Å². The molecule has 0 aliphatic rings. The molecule has 160 valence electrons. The average Bonchev–Trinajstić information content (AvgIpc) is 2.81. The van der Waals surface area contributed by atoms with E-state index in [-0.39, 0.29) is 11.8 Å². The molecule has 0 aliphatic heterocycles. The van der Waals surface area contributed by atoms with Gasteiger partial charge in [-0.05, 0) is 50.2 Å². The fraction of sp³-hybridized carbons (Fsp3) is 0.200. The van der Waals surface area contributed by atoms with Crippen molar-refractivity contribution in [1.82, 2.24) is 0 Å². The minimum atomic E-state index is -0.796. The number of methoxy groups -OCH3 is 1. The monoisotopic (exact) mass is 418 g/mol. The molecule has 2 amide bonds. The lowest BCUT2D eigenvalue weighted by molar-refractivity contribution is -0.122. The van der Waals surface area contributed by atoms with E-state index < -0.39 is 6.10 Å². The molecule has 0 spiro atoms. The zero-order chi connectivity index (χ0) is 22.2. The first-order valence-corrected chi connectivity index (χ1v) is 10.1. The van der Waals surface area contributed by atoms with Crippen molar-refractivity contribution in [3.63, 3.8) is 0 Å². The van der Waals surface area contributed by atoms with E-state index in [0.717, 1.165) is 5.69 Å². The standard InChI is InChI=1S/C25H26N2O4/c1-4-27(19-12-6-5-7-13-19)25(29)20-14-8-9-15-21(20)26-24(28)18(2)31-23-17-11-10-16-22(23)30-3/h5-18H,4H2,1-3H3,(H,26,28). The smallest absolute Gasteiger partial charge is 0.265 e. The highest BCUT2D eigenvalue weighted by Crippen LogP contribution is 2.27. The van der Waals surface area contributed by atoms with Crippen molar-refractivity contribution in [2.24, 2.45) is 0 Å². The lowest BCUT2D eigenvalue weighted by Crippen LogP contribution is -2.33. The number of rotatable bonds is 8. The van der Waals surface area contributed by atoms with Crippen LogP contribution in [0.25, 0.3) is 0 Å². The number of nitrogens with zero attached hydrogens (tertiary/aromatic N) is 1. The van der Waals surface area contributed by atoms with Crippen LogP contribution < -0.4 is 19.7 Å². The summed E-state index contributed by atoms with van der Waals surface area (Å²) in [6, 6.07) is 23.5. The Morgan fingerprint density at radius 3 is 2.19 bits per heavy atom. The van der Waals surface area contributed by atoms with Crippen LogP contribution in [0, 0.1) is 0 Å². The lowest BCUT2D eigenvalue weighted by atomic mass is 10.1. The summed E-state index contributed by atoms with van der Waals surface area (Å²) in [6.07, 6.45) is -0.796. The number of hydrogen-bond acceptors (Lipinski definition) is 4. The molecule has 6 nitrogen and oxygen atoms in total. The molecule has 1 N–H and O–H groups in total. The minimum Gasteiger partial charge on any atom is -0.493 e. The largest absolute Gasteiger partial charge is 0.493 e. The van der Waals surface area contributed by atoms with Crippen LogP contribution in [0.4, 0.5) is 11.4 Å². The average molecular weight is 418 g/mol. The molecule has 1 atom stereocenters. The van der Waals surface area contributed by atoms with Gasteiger partial charge in [0.15, 0.2) is 17.6 Å². The van der Waals surface area contributed by atoms with Gasteiger partial charge >= 0.3 is 0 Å². The van der Waals surface area contributed by atoms with E-state index >= 15 is 0 Å². The molecule has 0 saturated carbocycles. The summed E-state index contributed by atoms with van der Waals surface area (Å²) < 4.78 is 11.0. The first-order valence-electron chi connectivity index (χ1n) is 10.1. The van der Waals surface area contributed by atoms with Crippen molar-refractivity contribution in [2.75, 3.05) is 23.9 Å². The summed E-state index contributed by atoms with van der Waals surface area (Å²) in [6.45, 7) is 4.06. The Morgan fingerprint density at radius 1 is 0.903 bits per heavy atom.